The maximum Gasteiger partial charge on any atom is 0.419 e. The summed E-state index contributed by atoms with van der Waals surface area (Å²) in [7, 11) is 0. The zero-order valence-corrected chi connectivity index (χ0v) is 20.8. The van der Waals surface area contributed by atoms with Crippen LogP contribution in [-0.2, 0) is 14.3 Å². The molecule has 3 aromatic rings. The van der Waals surface area contributed by atoms with Crippen LogP contribution in [0.5, 0.6) is 0 Å². The second-order valence-electron chi connectivity index (χ2n) is 7.86. The standard InChI is InChI=1S/C28H25ClFNO5/c1-4-7-26(32)35-14-15-36-28(34)31(25-13-10-20(30)16-19(25)3)21-11-12-23(24(29)17-21)27(33)22-9-6-5-8-18(22)2/h4-13,16-17H,14-15H2,1-3H3/b7-4+. The quantitative estimate of drug-likeness (QED) is 0.146. The average molecular weight is 510 g/mol. The van der Waals surface area contributed by atoms with E-state index < -0.39 is 17.9 Å². The van der Waals surface area contributed by atoms with Gasteiger partial charge in [-0.15, -0.1) is 0 Å². The van der Waals surface area contributed by atoms with Crippen molar-refractivity contribution in [3.8, 4) is 0 Å². The SMILES string of the molecule is C/C=C/C(=O)OCCOC(=O)N(c1ccc(C(=O)c2ccccc2C)c(Cl)c1)c1ccc(F)cc1C. The summed E-state index contributed by atoms with van der Waals surface area (Å²) in [5.74, 6) is -1.27. The lowest BCUT2D eigenvalue weighted by molar-refractivity contribution is -0.138. The van der Waals surface area contributed by atoms with Gasteiger partial charge in [0, 0.05) is 17.2 Å². The fourth-order valence-corrected chi connectivity index (χ4v) is 3.79. The summed E-state index contributed by atoms with van der Waals surface area (Å²) in [4.78, 5) is 38.8. The van der Waals surface area contributed by atoms with Crippen LogP contribution in [0.25, 0.3) is 0 Å². The van der Waals surface area contributed by atoms with E-state index in [1.807, 2.05) is 19.1 Å². The molecule has 1 amide bonds. The molecule has 0 aromatic heterocycles. The normalized spacial score (nSPS) is 10.8. The third-order valence-corrected chi connectivity index (χ3v) is 5.60. The molecule has 0 bridgehead atoms. The highest BCUT2D eigenvalue weighted by atomic mass is 35.5. The fraction of sp³-hybridized carbons (Fsp3) is 0.179. The van der Waals surface area contributed by atoms with Gasteiger partial charge in [-0.2, -0.15) is 0 Å². The van der Waals surface area contributed by atoms with Crippen LogP contribution in [0.2, 0.25) is 5.02 Å². The van der Waals surface area contributed by atoms with Gasteiger partial charge in [0.05, 0.1) is 16.4 Å². The molecule has 8 heteroatoms. The van der Waals surface area contributed by atoms with Crippen molar-refractivity contribution in [2.24, 2.45) is 0 Å². The molecule has 186 valence electrons. The predicted octanol–water partition coefficient (Wildman–Crippen LogP) is 6.72. The molecule has 0 atom stereocenters. The summed E-state index contributed by atoms with van der Waals surface area (Å²) in [6, 6.07) is 15.7. The van der Waals surface area contributed by atoms with Gasteiger partial charge in [-0.1, -0.05) is 41.9 Å². The highest BCUT2D eigenvalue weighted by Crippen LogP contribution is 2.33. The maximum absolute atomic E-state index is 13.8. The molecule has 3 aromatic carbocycles. The molecule has 0 saturated heterocycles. The second kappa shape index (κ2) is 12.1. The van der Waals surface area contributed by atoms with Crippen LogP contribution in [0.3, 0.4) is 0 Å². The maximum atomic E-state index is 13.8. The highest BCUT2D eigenvalue weighted by Gasteiger charge is 2.24. The van der Waals surface area contributed by atoms with Crippen molar-refractivity contribution in [3.05, 3.63) is 106 Å². The van der Waals surface area contributed by atoms with Crippen molar-refractivity contribution in [1.29, 1.82) is 0 Å². The van der Waals surface area contributed by atoms with E-state index in [4.69, 9.17) is 21.1 Å². The number of hydrogen-bond donors (Lipinski definition) is 0. The number of allylic oxidation sites excluding steroid dienone is 1. The number of ether oxygens (including phenoxy) is 2. The van der Waals surface area contributed by atoms with Crippen molar-refractivity contribution in [1.82, 2.24) is 0 Å². The minimum Gasteiger partial charge on any atom is -0.459 e. The summed E-state index contributed by atoms with van der Waals surface area (Å²) in [6.45, 7) is 4.82. The Hall–Kier alpha value is -3.97. The van der Waals surface area contributed by atoms with Crippen LogP contribution in [0.15, 0.2) is 72.8 Å². The number of nitrogens with zero attached hydrogens (tertiary/aromatic N) is 1. The van der Waals surface area contributed by atoms with Gasteiger partial charge in [0.15, 0.2) is 5.78 Å². The Balaban J connectivity index is 1.91. The molecule has 0 aliphatic heterocycles. The zero-order chi connectivity index (χ0) is 26.2. The van der Waals surface area contributed by atoms with Crippen molar-refractivity contribution < 1.29 is 28.2 Å². The number of aryl methyl sites for hydroxylation is 2. The molecular formula is C28H25ClFNO5. The Morgan fingerprint density at radius 1 is 0.917 bits per heavy atom. The minimum absolute atomic E-state index is 0.138. The third kappa shape index (κ3) is 6.37. The van der Waals surface area contributed by atoms with E-state index in [1.54, 1.807) is 32.0 Å². The van der Waals surface area contributed by atoms with Gasteiger partial charge < -0.3 is 9.47 Å². The van der Waals surface area contributed by atoms with E-state index in [1.165, 1.54) is 47.4 Å². The molecule has 36 heavy (non-hydrogen) atoms. The number of benzene rings is 3. The number of rotatable bonds is 8. The molecule has 0 unspecified atom stereocenters. The molecule has 0 aliphatic rings. The Kier molecular flexibility index (Phi) is 8.97. The number of anilines is 2. The first-order chi connectivity index (χ1) is 17.2. The zero-order valence-electron chi connectivity index (χ0n) is 20.1. The van der Waals surface area contributed by atoms with Crippen molar-refractivity contribution >= 4 is 40.8 Å². The lowest BCUT2D eigenvalue weighted by atomic mass is 9.99. The molecule has 0 spiro atoms. The first kappa shape index (κ1) is 26.6. The Labute approximate surface area is 213 Å². The van der Waals surface area contributed by atoms with Crippen molar-refractivity contribution in [2.45, 2.75) is 20.8 Å². The molecule has 0 N–H and O–H groups in total. The van der Waals surface area contributed by atoms with Crippen molar-refractivity contribution in [3.63, 3.8) is 0 Å². The minimum atomic E-state index is -0.791. The molecule has 0 aliphatic carbocycles. The van der Waals surface area contributed by atoms with Crippen LogP contribution >= 0.6 is 11.6 Å². The number of carbonyl (C=O) groups is 3. The highest BCUT2D eigenvalue weighted by molar-refractivity contribution is 6.35. The first-order valence-corrected chi connectivity index (χ1v) is 11.5. The molecule has 0 fully saturated rings. The lowest BCUT2D eigenvalue weighted by Crippen LogP contribution is -2.29. The van der Waals surface area contributed by atoms with Gasteiger partial charge in [-0.25, -0.2) is 18.9 Å². The largest absolute Gasteiger partial charge is 0.459 e. The second-order valence-corrected chi connectivity index (χ2v) is 8.26. The third-order valence-electron chi connectivity index (χ3n) is 5.28. The van der Waals surface area contributed by atoms with E-state index in [2.05, 4.69) is 0 Å². The summed E-state index contributed by atoms with van der Waals surface area (Å²) in [5, 5.41) is 0.138. The number of halogens is 2. The monoisotopic (exact) mass is 509 g/mol. The van der Waals surface area contributed by atoms with Gasteiger partial charge in [-0.3, -0.25) is 4.79 Å². The van der Waals surface area contributed by atoms with Gasteiger partial charge in [0.1, 0.15) is 19.0 Å². The van der Waals surface area contributed by atoms with Crippen LogP contribution in [-0.4, -0.2) is 31.1 Å². The summed E-state index contributed by atoms with van der Waals surface area (Å²) in [6.07, 6.45) is 1.99. The molecule has 0 radical (unpaired) electrons. The molecule has 6 nitrogen and oxygen atoms in total. The number of amides is 1. The van der Waals surface area contributed by atoms with Crippen LogP contribution < -0.4 is 4.90 Å². The smallest absolute Gasteiger partial charge is 0.419 e. The molecule has 0 heterocycles. The topological polar surface area (TPSA) is 72.9 Å². The van der Waals surface area contributed by atoms with Crippen LogP contribution in [0, 0.1) is 19.7 Å². The van der Waals surface area contributed by atoms with E-state index >= 15 is 0 Å². The number of esters is 1. The van der Waals surface area contributed by atoms with Gasteiger partial charge in [0.25, 0.3) is 0 Å². The average Bonchev–Trinajstić information content (AvgIpc) is 2.83. The van der Waals surface area contributed by atoms with E-state index in [0.29, 0.717) is 22.5 Å². The van der Waals surface area contributed by atoms with Gasteiger partial charge in [-0.05, 0) is 68.3 Å². The number of hydrogen-bond acceptors (Lipinski definition) is 5. The number of ketones is 1. The summed E-state index contributed by atoms with van der Waals surface area (Å²) in [5.41, 5.74) is 2.75. The Morgan fingerprint density at radius 3 is 2.31 bits per heavy atom. The Bertz CT molecular complexity index is 1320. The van der Waals surface area contributed by atoms with Crippen molar-refractivity contribution in [2.75, 3.05) is 18.1 Å². The van der Waals surface area contributed by atoms with E-state index in [-0.39, 0.29) is 29.6 Å². The molecular weight excluding hydrogens is 485 g/mol. The van der Waals surface area contributed by atoms with Gasteiger partial charge >= 0.3 is 12.1 Å². The van der Waals surface area contributed by atoms with E-state index in [0.717, 1.165) is 5.56 Å². The molecule has 0 saturated carbocycles. The first-order valence-electron chi connectivity index (χ1n) is 11.1. The summed E-state index contributed by atoms with van der Waals surface area (Å²) >= 11 is 6.50. The number of carbonyl (C=O) groups excluding carboxylic acids is 3. The van der Waals surface area contributed by atoms with E-state index in [9.17, 15) is 18.8 Å². The fourth-order valence-electron chi connectivity index (χ4n) is 3.53. The van der Waals surface area contributed by atoms with Gasteiger partial charge in [0.2, 0.25) is 0 Å². The summed E-state index contributed by atoms with van der Waals surface area (Å²) < 4.78 is 24.0. The lowest BCUT2D eigenvalue weighted by Gasteiger charge is -2.24. The van der Waals surface area contributed by atoms with Crippen LogP contribution in [0.1, 0.15) is 34.0 Å². The molecule has 3 rings (SSSR count). The predicted molar refractivity (Wildman–Crippen MR) is 136 cm³/mol. The van der Waals surface area contributed by atoms with Crippen LogP contribution in [0.4, 0.5) is 20.6 Å². The Morgan fingerprint density at radius 2 is 1.64 bits per heavy atom.